The van der Waals surface area contributed by atoms with E-state index in [9.17, 15) is 29.4 Å². The summed E-state index contributed by atoms with van der Waals surface area (Å²) in [6.07, 6.45) is 0.850. The molecule has 2 saturated heterocycles. The van der Waals surface area contributed by atoms with Crippen molar-refractivity contribution in [3.63, 3.8) is 0 Å². The minimum absolute atomic E-state index is 0.210. The molecule has 0 aliphatic carbocycles. The highest BCUT2D eigenvalue weighted by Gasteiger charge is 2.39. The number of hydrogen-bond donors (Lipinski definition) is 2. The van der Waals surface area contributed by atoms with E-state index in [-0.39, 0.29) is 24.7 Å². The van der Waals surface area contributed by atoms with Crippen LogP contribution in [0.3, 0.4) is 0 Å². The lowest BCUT2D eigenvalue weighted by molar-refractivity contribution is -0.144. The standard InChI is InChI=1S/C30H44N2O8/c1-29(2,3)39-27(37)31-12-10-21(17-31)23(25(33)34)15-19-8-7-9-20(14-19)16-24(26(35)36)22-11-13-32(18-22)28(38)40-30(4,5)6/h7-9,14,21-24H,10-13,15-18H2,1-6H3,(H,33,34)(H,35,36)/t21-,22-,23-,24-/m0/s1. The molecule has 2 aliphatic heterocycles. The molecule has 40 heavy (non-hydrogen) atoms. The Morgan fingerprint density at radius 2 is 1.15 bits per heavy atom. The van der Waals surface area contributed by atoms with Crippen molar-refractivity contribution in [2.75, 3.05) is 26.2 Å². The van der Waals surface area contributed by atoms with Gasteiger partial charge in [0.1, 0.15) is 11.2 Å². The van der Waals surface area contributed by atoms with Crippen LogP contribution in [-0.4, -0.2) is 81.5 Å². The fourth-order valence-electron chi connectivity index (χ4n) is 5.52. The van der Waals surface area contributed by atoms with Crippen molar-refractivity contribution in [3.8, 4) is 0 Å². The van der Waals surface area contributed by atoms with E-state index in [1.807, 2.05) is 24.3 Å². The van der Waals surface area contributed by atoms with E-state index in [0.29, 0.717) is 39.0 Å². The molecule has 2 N–H and O–H groups in total. The lowest BCUT2D eigenvalue weighted by atomic mass is 9.83. The lowest BCUT2D eigenvalue weighted by Gasteiger charge is -2.25. The number of nitrogens with zero attached hydrogens (tertiary/aromatic N) is 2. The number of carboxylic acids is 2. The second-order valence-corrected chi connectivity index (χ2v) is 13.1. The summed E-state index contributed by atoms with van der Waals surface area (Å²) in [6.45, 7) is 12.3. The summed E-state index contributed by atoms with van der Waals surface area (Å²) in [5.74, 6) is -3.63. The van der Waals surface area contributed by atoms with E-state index in [4.69, 9.17) is 9.47 Å². The first-order valence-electron chi connectivity index (χ1n) is 14.0. The van der Waals surface area contributed by atoms with Gasteiger partial charge >= 0.3 is 24.1 Å². The molecule has 2 aliphatic rings. The minimum atomic E-state index is -0.918. The Bertz CT molecular complexity index is 1010. The highest BCUT2D eigenvalue weighted by Crippen LogP contribution is 2.31. The topological polar surface area (TPSA) is 134 Å². The van der Waals surface area contributed by atoms with E-state index < -0.39 is 47.2 Å². The van der Waals surface area contributed by atoms with Crippen LogP contribution in [-0.2, 0) is 31.9 Å². The third kappa shape index (κ3) is 8.86. The second-order valence-electron chi connectivity index (χ2n) is 13.1. The number of rotatable bonds is 8. The highest BCUT2D eigenvalue weighted by atomic mass is 16.6. The third-order valence-corrected chi connectivity index (χ3v) is 7.43. The highest BCUT2D eigenvalue weighted by molar-refractivity contribution is 5.73. The van der Waals surface area contributed by atoms with Crippen LogP contribution in [0, 0.1) is 23.7 Å². The normalized spacial score (nSPS) is 21.1. The van der Waals surface area contributed by atoms with Gasteiger partial charge < -0.3 is 29.5 Å². The molecule has 4 atom stereocenters. The van der Waals surface area contributed by atoms with E-state index >= 15 is 0 Å². The van der Waals surface area contributed by atoms with Gasteiger partial charge in [-0.3, -0.25) is 9.59 Å². The second kappa shape index (κ2) is 12.5. The van der Waals surface area contributed by atoms with Crippen LogP contribution in [0.15, 0.2) is 24.3 Å². The Hall–Kier alpha value is -3.30. The van der Waals surface area contributed by atoms with Crippen molar-refractivity contribution in [2.24, 2.45) is 23.7 Å². The summed E-state index contributed by atoms with van der Waals surface area (Å²) in [5.41, 5.74) is 0.377. The zero-order valence-electron chi connectivity index (χ0n) is 24.5. The molecule has 0 unspecified atom stereocenters. The molecule has 0 bridgehead atoms. The number of carbonyl (C=O) groups excluding carboxylic acids is 2. The lowest BCUT2D eigenvalue weighted by Crippen LogP contribution is -2.36. The van der Waals surface area contributed by atoms with Crippen molar-refractivity contribution in [3.05, 3.63) is 35.4 Å². The largest absolute Gasteiger partial charge is 0.481 e. The van der Waals surface area contributed by atoms with Crippen LogP contribution >= 0.6 is 0 Å². The van der Waals surface area contributed by atoms with Gasteiger partial charge in [-0.1, -0.05) is 24.3 Å². The van der Waals surface area contributed by atoms with Gasteiger partial charge in [-0.25, -0.2) is 9.59 Å². The number of aliphatic carboxylic acids is 2. The SMILES string of the molecule is CC(C)(C)OC(=O)N1CC[C@H]([C@H](Cc2cccc(C[C@H](C(=O)O)[C@H]3CCN(C(=O)OC(C)(C)C)C3)c2)C(=O)O)C1. The zero-order chi connectivity index (χ0) is 29.8. The first kappa shape index (κ1) is 31.2. The zero-order valence-corrected chi connectivity index (χ0v) is 24.5. The van der Waals surface area contributed by atoms with Gasteiger partial charge in [0, 0.05) is 26.2 Å². The first-order chi connectivity index (χ1) is 18.5. The van der Waals surface area contributed by atoms with Gasteiger partial charge in [-0.05, 0) is 90.2 Å². The average molecular weight is 561 g/mol. The number of benzene rings is 1. The van der Waals surface area contributed by atoms with Crippen LogP contribution < -0.4 is 0 Å². The van der Waals surface area contributed by atoms with Crippen LogP contribution in [0.5, 0.6) is 0 Å². The molecule has 1 aromatic carbocycles. The molecule has 0 spiro atoms. The maximum atomic E-state index is 12.5. The van der Waals surface area contributed by atoms with Crippen molar-refractivity contribution >= 4 is 24.1 Å². The monoisotopic (exact) mass is 560 g/mol. The van der Waals surface area contributed by atoms with E-state index in [1.54, 1.807) is 51.3 Å². The molecule has 0 radical (unpaired) electrons. The summed E-state index contributed by atoms with van der Waals surface area (Å²) >= 11 is 0. The van der Waals surface area contributed by atoms with Crippen LogP contribution in [0.4, 0.5) is 9.59 Å². The van der Waals surface area contributed by atoms with Crippen molar-refractivity contribution < 1.29 is 38.9 Å². The predicted octanol–water partition coefficient (Wildman–Crippen LogP) is 4.69. The Balaban J connectivity index is 1.65. The van der Waals surface area contributed by atoms with E-state index in [2.05, 4.69) is 0 Å². The maximum Gasteiger partial charge on any atom is 0.410 e. The fourth-order valence-corrected chi connectivity index (χ4v) is 5.52. The molecule has 2 heterocycles. The molecule has 10 nitrogen and oxygen atoms in total. The predicted molar refractivity (Wildman–Crippen MR) is 148 cm³/mol. The molecule has 222 valence electrons. The number of amides is 2. The third-order valence-electron chi connectivity index (χ3n) is 7.43. The summed E-state index contributed by atoms with van der Waals surface area (Å²) < 4.78 is 10.9. The number of likely N-dealkylation sites (tertiary alicyclic amines) is 2. The van der Waals surface area contributed by atoms with Crippen molar-refractivity contribution in [1.82, 2.24) is 9.80 Å². The summed E-state index contributed by atoms with van der Waals surface area (Å²) in [6, 6.07) is 7.42. The molecule has 0 aromatic heterocycles. The Kier molecular flexibility index (Phi) is 9.74. The van der Waals surface area contributed by atoms with Crippen molar-refractivity contribution in [2.45, 2.75) is 78.4 Å². The number of ether oxygens (including phenoxy) is 2. The smallest absolute Gasteiger partial charge is 0.410 e. The molecule has 0 saturated carbocycles. The molecule has 10 heteroatoms. The quantitative estimate of drug-likeness (QED) is 0.468. The maximum absolute atomic E-state index is 12.5. The number of carbonyl (C=O) groups is 4. The first-order valence-corrected chi connectivity index (χ1v) is 14.0. The Labute approximate surface area is 236 Å². The number of hydrogen-bond acceptors (Lipinski definition) is 6. The van der Waals surface area contributed by atoms with Gasteiger partial charge in [0.05, 0.1) is 11.8 Å². The van der Waals surface area contributed by atoms with Gasteiger partial charge in [-0.2, -0.15) is 0 Å². The van der Waals surface area contributed by atoms with Gasteiger partial charge in [0.2, 0.25) is 0 Å². The van der Waals surface area contributed by atoms with Crippen LogP contribution in [0.2, 0.25) is 0 Å². The fraction of sp³-hybridized carbons (Fsp3) is 0.667. The molecule has 3 rings (SSSR count). The van der Waals surface area contributed by atoms with Gasteiger partial charge in [0.25, 0.3) is 0 Å². The average Bonchev–Trinajstić information content (AvgIpc) is 3.49. The summed E-state index contributed by atoms with van der Waals surface area (Å²) in [5, 5.41) is 20.0. The van der Waals surface area contributed by atoms with E-state index in [0.717, 1.165) is 11.1 Å². The van der Waals surface area contributed by atoms with Gasteiger partial charge in [0.15, 0.2) is 0 Å². The van der Waals surface area contributed by atoms with Crippen molar-refractivity contribution in [1.29, 1.82) is 0 Å². The van der Waals surface area contributed by atoms with Gasteiger partial charge in [-0.15, -0.1) is 0 Å². The Morgan fingerprint density at radius 3 is 1.48 bits per heavy atom. The minimum Gasteiger partial charge on any atom is -0.481 e. The Morgan fingerprint density at radius 1 is 0.775 bits per heavy atom. The van der Waals surface area contributed by atoms with E-state index in [1.165, 1.54) is 0 Å². The summed E-state index contributed by atoms with van der Waals surface area (Å²) in [7, 11) is 0. The van der Waals surface area contributed by atoms with Crippen LogP contribution in [0.25, 0.3) is 0 Å². The summed E-state index contributed by atoms with van der Waals surface area (Å²) in [4.78, 5) is 52.6. The van der Waals surface area contributed by atoms with Crippen LogP contribution in [0.1, 0.15) is 65.5 Å². The molecule has 2 amide bonds. The molecule has 2 fully saturated rings. The molecular formula is C30H44N2O8. The molecule has 1 aromatic rings. The number of carboxylic acid groups (broad SMARTS) is 2. The molecular weight excluding hydrogens is 516 g/mol.